The van der Waals surface area contributed by atoms with Crippen LogP contribution in [0.25, 0.3) is 0 Å². The number of nitro benzene ring substituents is 1. The van der Waals surface area contributed by atoms with Gasteiger partial charge in [-0.05, 0) is 54.3 Å². The first-order valence-corrected chi connectivity index (χ1v) is 7.84. The lowest BCUT2D eigenvalue weighted by atomic mass is 9.85. The van der Waals surface area contributed by atoms with Gasteiger partial charge in [-0.25, -0.2) is 0 Å². The third-order valence-corrected chi connectivity index (χ3v) is 4.70. The Kier molecular flexibility index (Phi) is 4.95. The van der Waals surface area contributed by atoms with E-state index in [2.05, 4.69) is 22.6 Å². The van der Waals surface area contributed by atoms with E-state index in [1.807, 2.05) is 6.92 Å². The van der Waals surface area contributed by atoms with Crippen molar-refractivity contribution in [2.45, 2.75) is 26.2 Å². The maximum atomic E-state index is 12.5. The molecule has 5 nitrogen and oxygen atoms in total. The van der Waals surface area contributed by atoms with Crippen molar-refractivity contribution >= 4 is 34.2 Å². The zero-order valence-electron chi connectivity index (χ0n) is 11.3. The topological polar surface area (TPSA) is 63.5 Å². The third-order valence-electron chi connectivity index (χ3n) is 3.76. The number of halogens is 1. The van der Waals surface area contributed by atoms with E-state index in [1.165, 1.54) is 31.4 Å². The van der Waals surface area contributed by atoms with E-state index in [0.29, 0.717) is 18.0 Å². The lowest BCUT2D eigenvalue weighted by Crippen LogP contribution is -2.37. The number of benzene rings is 1. The summed E-state index contributed by atoms with van der Waals surface area (Å²) in [6.45, 7) is 3.34. The number of carbonyl (C=O) groups is 1. The zero-order valence-corrected chi connectivity index (χ0v) is 13.5. The van der Waals surface area contributed by atoms with Crippen LogP contribution in [0, 0.1) is 19.6 Å². The van der Waals surface area contributed by atoms with Crippen molar-refractivity contribution in [2.24, 2.45) is 5.92 Å². The molecule has 0 atom stereocenters. The fourth-order valence-electron chi connectivity index (χ4n) is 2.30. The Morgan fingerprint density at radius 1 is 1.50 bits per heavy atom. The molecule has 1 aromatic carbocycles. The van der Waals surface area contributed by atoms with E-state index in [-0.39, 0.29) is 11.6 Å². The monoisotopic (exact) mass is 388 g/mol. The summed E-state index contributed by atoms with van der Waals surface area (Å²) in [7, 11) is 0. The van der Waals surface area contributed by atoms with Crippen LogP contribution in [0.3, 0.4) is 0 Å². The zero-order chi connectivity index (χ0) is 14.7. The van der Waals surface area contributed by atoms with Crippen LogP contribution in [-0.4, -0.2) is 28.8 Å². The number of nitro groups is 1. The number of hydrogen-bond donors (Lipinski definition) is 0. The second-order valence-corrected chi connectivity index (χ2v) is 6.22. The molecule has 0 unspecified atom stereocenters. The predicted molar refractivity (Wildman–Crippen MR) is 84.7 cm³/mol. The number of nitrogens with zero attached hydrogens (tertiary/aromatic N) is 2. The summed E-state index contributed by atoms with van der Waals surface area (Å²) in [5, 5.41) is 10.8. The van der Waals surface area contributed by atoms with Gasteiger partial charge in [0.2, 0.25) is 0 Å². The molecule has 0 heterocycles. The van der Waals surface area contributed by atoms with Gasteiger partial charge in [0.1, 0.15) is 0 Å². The predicted octanol–water partition coefficient (Wildman–Crippen LogP) is 3.46. The van der Waals surface area contributed by atoms with Crippen LogP contribution in [0.2, 0.25) is 0 Å². The fraction of sp³-hybridized carbons (Fsp3) is 0.500. The SMILES string of the molecule is CCN(CC1CCC1)C(=O)c1cc([N+](=O)[O-])ccc1I. The summed E-state index contributed by atoms with van der Waals surface area (Å²) >= 11 is 2.05. The lowest BCUT2D eigenvalue weighted by molar-refractivity contribution is -0.384. The number of non-ortho nitro benzene ring substituents is 1. The summed E-state index contributed by atoms with van der Waals surface area (Å²) in [5.74, 6) is 0.489. The molecule has 1 aliphatic carbocycles. The third kappa shape index (κ3) is 3.28. The molecule has 0 aliphatic heterocycles. The first kappa shape index (κ1) is 15.2. The Morgan fingerprint density at radius 3 is 2.70 bits per heavy atom. The molecule has 0 bridgehead atoms. The molecule has 0 spiro atoms. The molecule has 1 fully saturated rings. The van der Waals surface area contributed by atoms with Crippen LogP contribution in [0.15, 0.2) is 18.2 Å². The molecule has 20 heavy (non-hydrogen) atoms. The number of amides is 1. The van der Waals surface area contributed by atoms with Crippen molar-refractivity contribution in [1.29, 1.82) is 0 Å². The second-order valence-electron chi connectivity index (χ2n) is 5.06. The van der Waals surface area contributed by atoms with Gasteiger partial charge in [0, 0.05) is 28.8 Å². The minimum atomic E-state index is -0.463. The van der Waals surface area contributed by atoms with E-state index in [4.69, 9.17) is 0 Å². The van der Waals surface area contributed by atoms with Gasteiger partial charge in [0.25, 0.3) is 11.6 Å². The van der Waals surface area contributed by atoms with Gasteiger partial charge in [-0.15, -0.1) is 0 Å². The lowest BCUT2D eigenvalue weighted by Gasteiger charge is -2.32. The Hall–Kier alpha value is -1.18. The molecule has 0 aromatic heterocycles. The van der Waals surface area contributed by atoms with Gasteiger partial charge in [-0.1, -0.05) is 6.42 Å². The molecule has 0 N–H and O–H groups in total. The minimum absolute atomic E-state index is 0.0338. The molecule has 1 aromatic rings. The number of rotatable bonds is 5. The Morgan fingerprint density at radius 2 is 2.20 bits per heavy atom. The minimum Gasteiger partial charge on any atom is -0.339 e. The fourth-order valence-corrected chi connectivity index (χ4v) is 2.87. The second kappa shape index (κ2) is 6.51. The van der Waals surface area contributed by atoms with Gasteiger partial charge in [0.05, 0.1) is 10.5 Å². The molecule has 1 aliphatic rings. The van der Waals surface area contributed by atoms with Crippen molar-refractivity contribution in [2.75, 3.05) is 13.1 Å². The van der Waals surface area contributed by atoms with E-state index in [1.54, 1.807) is 11.0 Å². The summed E-state index contributed by atoms with van der Waals surface area (Å²) in [5.41, 5.74) is 0.398. The summed E-state index contributed by atoms with van der Waals surface area (Å²) < 4.78 is 0.755. The summed E-state index contributed by atoms with van der Waals surface area (Å²) in [4.78, 5) is 24.7. The number of carbonyl (C=O) groups excluding carboxylic acids is 1. The quantitative estimate of drug-likeness (QED) is 0.441. The normalized spacial score (nSPS) is 14.7. The molecule has 1 saturated carbocycles. The van der Waals surface area contributed by atoms with Gasteiger partial charge in [-0.2, -0.15) is 0 Å². The maximum Gasteiger partial charge on any atom is 0.270 e. The van der Waals surface area contributed by atoms with E-state index in [0.717, 1.165) is 10.1 Å². The summed E-state index contributed by atoms with van der Waals surface area (Å²) in [6, 6.07) is 4.44. The van der Waals surface area contributed by atoms with Gasteiger partial charge >= 0.3 is 0 Å². The van der Waals surface area contributed by atoms with E-state index in [9.17, 15) is 14.9 Å². The van der Waals surface area contributed by atoms with Crippen molar-refractivity contribution < 1.29 is 9.72 Å². The Balaban J connectivity index is 2.21. The molecule has 0 saturated heterocycles. The van der Waals surface area contributed by atoms with Gasteiger partial charge in [0.15, 0.2) is 0 Å². The van der Waals surface area contributed by atoms with Crippen LogP contribution in [-0.2, 0) is 0 Å². The van der Waals surface area contributed by atoms with Crippen molar-refractivity contribution in [3.05, 3.63) is 37.4 Å². The first-order chi connectivity index (χ1) is 9.52. The van der Waals surface area contributed by atoms with E-state index < -0.39 is 4.92 Å². The average molecular weight is 388 g/mol. The molecular weight excluding hydrogens is 371 g/mol. The first-order valence-electron chi connectivity index (χ1n) is 6.76. The van der Waals surface area contributed by atoms with Crippen LogP contribution in [0.4, 0.5) is 5.69 Å². The largest absolute Gasteiger partial charge is 0.339 e. The van der Waals surface area contributed by atoms with Crippen molar-refractivity contribution in [3.8, 4) is 0 Å². The maximum absolute atomic E-state index is 12.5. The molecule has 108 valence electrons. The Labute approximate surface area is 131 Å². The molecule has 6 heteroatoms. The summed E-state index contributed by atoms with van der Waals surface area (Å²) in [6.07, 6.45) is 3.59. The standard InChI is InChI=1S/C14H17IN2O3/c1-2-16(9-10-4-3-5-10)14(18)12-8-11(17(19)20)6-7-13(12)15/h6-8,10H,2-5,9H2,1H3. The van der Waals surface area contributed by atoms with Crippen molar-refractivity contribution in [1.82, 2.24) is 4.90 Å². The number of hydrogen-bond acceptors (Lipinski definition) is 3. The average Bonchev–Trinajstić information content (AvgIpc) is 2.37. The van der Waals surface area contributed by atoms with Crippen LogP contribution >= 0.6 is 22.6 Å². The van der Waals surface area contributed by atoms with Crippen molar-refractivity contribution in [3.63, 3.8) is 0 Å². The van der Waals surface area contributed by atoms with E-state index >= 15 is 0 Å². The van der Waals surface area contributed by atoms with Gasteiger partial charge < -0.3 is 4.90 Å². The smallest absolute Gasteiger partial charge is 0.270 e. The Bertz CT molecular complexity index is 529. The van der Waals surface area contributed by atoms with Gasteiger partial charge in [-0.3, -0.25) is 14.9 Å². The molecular formula is C14H17IN2O3. The highest BCUT2D eigenvalue weighted by Crippen LogP contribution is 2.28. The van der Waals surface area contributed by atoms with Crippen LogP contribution in [0.5, 0.6) is 0 Å². The highest BCUT2D eigenvalue weighted by Gasteiger charge is 2.25. The molecule has 0 radical (unpaired) electrons. The molecule has 2 rings (SSSR count). The van der Waals surface area contributed by atoms with Crippen LogP contribution < -0.4 is 0 Å². The van der Waals surface area contributed by atoms with Crippen LogP contribution in [0.1, 0.15) is 36.5 Å². The molecule has 1 amide bonds. The highest BCUT2D eigenvalue weighted by molar-refractivity contribution is 14.1. The highest BCUT2D eigenvalue weighted by atomic mass is 127.